The topological polar surface area (TPSA) is 88.1 Å². The first-order valence-electron chi connectivity index (χ1n) is 11.6. The van der Waals surface area contributed by atoms with E-state index < -0.39 is 7.82 Å². The third-order valence-corrected chi connectivity index (χ3v) is 9.26. The summed E-state index contributed by atoms with van der Waals surface area (Å²) >= 11 is 2.82. The summed E-state index contributed by atoms with van der Waals surface area (Å²) in [5.41, 5.74) is 2.58. The van der Waals surface area contributed by atoms with Crippen molar-refractivity contribution < 1.29 is 57.9 Å². The summed E-state index contributed by atoms with van der Waals surface area (Å²) in [7, 11) is -3.40. The van der Waals surface area contributed by atoms with Crippen LogP contribution in [-0.4, -0.2) is 12.2 Å². The van der Waals surface area contributed by atoms with E-state index in [2.05, 4.69) is 0 Å². The molecule has 2 heterocycles. The summed E-state index contributed by atoms with van der Waals surface area (Å²) in [4.78, 5) is 16.5. The monoisotopic (exact) mass is 582 g/mol. The number of methoxy groups -OCH3 is 1. The molecule has 190 valence electrons. The molecule has 39 heavy (non-hydrogen) atoms. The second-order valence-electron chi connectivity index (χ2n) is 8.42. The smallest absolute Gasteiger partial charge is 0.736 e. The zero-order valence-corrected chi connectivity index (χ0v) is 25.5. The van der Waals surface area contributed by atoms with Crippen molar-refractivity contribution in [3.8, 4) is 11.5 Å². The summed E-state index contributed by atoms with van der Waals surface area (Å²) < 4.78 is 30.3. The van der Waals surface area contributed by atoms with Crippen molar-refractivity contribution in [3.63, 3.8) is 0 Å². The third kappa shape index (κ3) is 5.70. The molecule has 6 nitrogen and oxygen atoms in total. The number of phosphoric ester groups is 1. The maximum Gasteiger partial charge on any atom is 1.00 e. The first-order chi connectivity index (χ1) is 18.4. The molecule has 0 aliphatic carbocycles. The van der Waals surface area contributed by atoms with E-state index in [4.69, 9.17) is 13.8 Å². The molecule has 0 saturated heterocycles. The normalized spacial score (nSPS) is 14.7. The maximum atomic E-state index is 13.5. The number of fused-ring (bicyclic) bond motifs is 4. The van der Waals surface area contributed by atoms with Crippen LogP contribution in [0.4, 0.5) is 0 Å². The van der Waals surface area contributed by atoms with Gasteiger partial charge in [0.2, 0.25) is 0 Å². The zero-order chi connectivity index (χ0) is 26.3. The predicted molar refractivity (Wildman–Crippen MR) is 148 cm³/mol. The van der Waals surface area contributed by atoms with Gasteiger partial charge in [-0.1, -0.05) is 72.1 Å². The Hall–Kier alpha value is -2.55. The number of phenolic OH excluding ortho intramolecular Hbond substituents is 1. The summed E-state index contributed by atoms with van der Waals surface area (Å²) in [6.45, 7) is 0. The molecule has 0 radical (unpaired) electrons. The molecule has 1 N–H and O–H groups in total. The van der Waals surface area contributed by atoms with Gasteiger partial charge in [0, 0.05) is 20.9 Å². The molecule has 1 atom stereocenters. The van der Waals surface area contributed by atoms with E-state index in [9.17, 15) is 14.6 Å². The van der Waals surface area contributed by atoms with Crippen LogP contribution in [0.3, 0.4) is 0 Å². The van der Waals surface area contributed by atoms with Crippen molar-refractivity contribution >= 4 is 55.0 Å². The first kappa shape index (κ1) is 28.0. The third-order valence-electron chi connectivity index (χ3n) is 5.98. The summed E-state index contributed by atoms with van der Waals surface area (Å²) in [5.74, 6) is 0.808. The molecule has 4 aromatic rings. The molecule has 4 aromatic carbocycles. The van der Waals surface area contributed by atoms with Crippen molar-refractivity contribution in [3.05, 3.63) is 107 Å². The Kier molecular flexibility index (Phi) is 8.26. The number of rotatable bonds is 5. The Morgan fingerprint density at radius 2 is 1.23 bits per heavy atom. The maximum absolute atomic E-state index is 13.5. The Bertz CT molecular complexity index is 1690. The van der Waals surface area contributed by atoms with Crippen LogP contribution in [0.25, 0.3) is 23.7 Å². The minimum atomic E-state index is -4.97. The van der Waals surface area contributed by atoms with E-state index in [1.54, 1.807) is 49.6 Å². The van der Waals surface area contributed by atoms with Crippen molar-refractivity contribution in [1.82, 2.24) is 0 Å². The SMILES string of the molecule is COc1cccc2c1Sc1ccccc1C=C2OP(=O)([O-])OC1=Cc2ccccc2Sc2c(O)cccc21.[Na+]. The molecule has 0 spiro atoms. The van der Waals surface area contributed by atoms with Gasteiger partial charge in [-0.05, 0) is 59.7 Å². The Balaban J connectivity index is 0.00000308. The number of hydrogen-bond acceptors (Lipinski definition) is 8. The van der Waals surface area contributed by atoms with Gasteiger partial charge in [0.05, 0.1) is 16.9 Å². The molecule has 6 rings (SSSR count). The van der Waals surface area contributed by atoms with Gasteiger partial charge in [0.1, 0.15) is 23.0 Å². The quantitative estimate of drug-likeness (QED) is 0.271. The van der Waals surface area contributed by atoms with Crippen LogP contribution in [0.5, 0.6) is 11.5 Å². The van der Waals surface area contributed by atoms with Crippen LogP contribution in [0, 0.1) is 0 Å². The van der Waals surface area contributed by atoms with Crippen molar-refractivity contribution in [1.29, 1.82) is 0 Å². The molecule has 0 saturated carbocycles. The molecule has 0 fully saturated rings. The average molecular weight is 583 g/mol. The van der Waals surface area contributed by atoms with E-state index >= 15 is 0 Å². The van der Waals surface area contributed by atoms with E-state index in [0.717, 1.165) is 25.8 Å². The molecule has 2 aliphatic rings. The number of phosphoric acid groups is 1. The van der Waals surface area contributed by atoms with Crippen LogP contribution >= 0.6 is 31.3 Å². The van der Waals surface area contributed by atoms with Crippen LogP contribution in [0.1, 0.15) is 22.3 Å². The van der Waals surface area contributed by atoms with E-state index in [1.807, 2.05) is 54.6 Å². The second-order valence-corrected chi connectivity index (χ2v) is 11.8. The molecule has 10 heteroatoms. The van der Waals surface area contributed by atoms with Gasteiger partial charge < -0.3 is 23.8 Å². The Morgan fingerprint density at radius 3 is 1.82 bits per heavy atom. The van der Waals surface area contributed by atoms with Crippen LogP contribution in [-0.2, 0) is 13.6 Å². The van der Waals surface area contributed by atoms with Gasteiger partial charge in [0.15, 0.2) is 0 Å². The van der Waals surface area contributed by atoms with Crippen molar-refractivity contribution in [2.45, 2.75) is 19.6 Å². The molecule has 2 aliphatic heterocycles. The average Bonchev–Trinajstić information content (AvgIpc) is 3.16. The molecule has 1 unspecified atom stereocenters. The fourth-order valence-corrected chi connectivity index (χ4v) is 7.28. The predicted octanol–water partition coefficient (Wildman–Crippen LogP) is 4.53. The molecular weight excluding hydrogens is 562 g/mol. The second kappa shape index (κ2) is 11.5. The number of phenols is 1. The van der Waals surface area contributed by atoms with E-state index in [0.29, 0.717) is 21.8 Å². The van der Waals surface area contributed by atoms with Gasteiger partial charge in [-0.15, -0.1) is 0 Å². The van der Waals surface area contributed by atoms with Gasteiger partial charge in [-0.2, -0.15) is 0 Å². The fraction of sp³-hybridized carbons (Fsp3) is 0.0345. The van der Waals surface area contributed by atoms with Gasteiger partial charge in [0.25, 0.3) is 0 Å². The van der Waals surface area contributed by atoms with Gasteiger partial charge >= 0.3 is 37.4 Å². The first-order valence-corrected chi connectivity index (χ1v) is 14.7. The number of ether oxygens (including phenoxy) is 1. The van der Waals surface area contributed by atoms with Crippen molar-refractivity contribution in [2.75, 3.05) is 7.11 Å². The standard InChI is InChI=1S/C29H21O6PS2.Na/c1-33-23-13-7-11-21-25(17-19-9-3-5-15-27(19)38-29(21)23)35-36(31,32)34-24-16-18-8-2-4-14-26(18)37-28-20(24)10-6-12-22(28)30;/h2-17,30H,1H3,(H,31,32);/q;+1/p-1. The van der Waals surface area contributed by atoms with E-state index in [-0.39, 0.29) is 46.8 Å². The number of hydrogen-bond donors (Lipinski definition) is 1. The largest absolute Gasteiger partial charge is 1.00 e. The molecular formula is C29H20NaO6PS2. The summed E-state index contributed by atoms with van der Waals surface area (Å²) in [5, 5.41) is 10.6. The van der Waals surface area contributed by atoms with Gasteiger partial charge in [-0.3, -0.25) is 0 Å². The fourth-order valence-electron chi connectivity index (χ4n) is 4.26. The summed E-state index contributed by atoms with van der Waals surface area (Å²) in [6.07, 6.45) is 3.33. The molecule has 0 aromatic heterocycles. The molecule has 0 bridgehead atoms. The Labute approximate surface area is 256 Å². The van der Waals surface area contributed by atoms with Crippen LogP contribution < -0.4 is 39.2 Å². The van der Waals surface area contributed by atoms with E-state index in [1.165, 1.54) is 23.5 Å². The Morgan fingerprint density at radius 1 is 0.718 bits per heavy atom. The van der Waals surface area contributed by atoms with Gasteiger partial charge in [-0.25, -0.2) is 4.57 Å². The number of aromatic hydroxyl groups is 1. The molecule has 0 amide bonds. The number of benzene rings is 4. The minimum absolute atomic E-state index is 0. The van der Waals surface area contributed by atoms with Crippen LogP contribution in [0.2, 0.25) is 0 Å². The van der Waals surface area contributed by atoms with Crippen LogP contribution in [0.15, 0.2) is 105 Å². The zero-order valence-electron chi connectivity index (χ0n) is 21.0. The summed E-state index contributed by atoms with van der Waals surface area (Å²) in [6, 6.07) is 25.4. The minimum Gasteiger partial charge on any atom is -0.736 e. The van der Waals surface area contributed by atoms with Crippen molar-refractivity contribution in [2.24, 2.45) is 0 Å².